The molecule has 0 bridgehead atoms. The average Bonchev–Trinajstić information content (AvgIpc) is 1.11. The summed E-state index contributed by atoms with van der Waals surface area (Å²) in [5, 5.41) is 16.6. The first-order chi connectivity index (χ1) is 48.1. The van der Waals surface area contributed by atoms with E-state index in [9.17, 15) is 8.78 Å². The molecule has 0 aliphatic rings. The molecule has 528 valence electrons. The molecule has 0 fully saturated rings. The van der Waals surface area contributed by atoms with Crippen LogP contribution >= 0.6 is 11.3 Å². The Bertz CT molecular complexity index is 4470. The van der Waals surface area contributed by atoms with E-state index in [1.165, 1.54) is 41.8 Å². The van der Waals surface area contributed by atoms with E-state index in [2.05, 4.69) is 85.8 Å². The predicted molar refractivity (Wildman–Crippen MR) is 400 cm³/mol. The minimum atomic E-state index is -0.465. The number of aryl methyl sites for hydroxylation is 2. The van der Waals surface area contributed by atoms with Gasteiger partial charge in [-0.1, -0.05) is 56.3 Å². The largest absolute Gasteiger partial charge is 0.399 e. The molecule has 14 aromatic rings. The van der Waals surface area contributed by atoms with Crippen LogP contribution in [0.15, 0.2) is 249 Å². The molecular formula is C70H79ArF2N27OS. The molecule has 24 N–H and O–H groups in total. The second-order valence-corrected chi connectivity index (χ2v) is 22.7. The van der Waals surface area contributed by atoms with Crippen LogP contribution in [-0.2, 0) is 5.41 Å². The van der Waals surface area contributed by atoms with Crippen molar-refractivity contribution >= 4 is 86.0 Å². The third-order valence-corrected chi connectivity index (χ3v) is 13.1. The van der Waals surface area contributed by atoms with Gasteiger partial charge >= 0.3 is 0 Å². The Morgan fingerprint density at radius 3 is 1.52 bits per heavy atom. The number of anilines is 13. The van der Waals surface area contributed by atoms with E-state index in [-0.39, 0.29) is 66.9 Å². The van der Waals surface area contributed by atoms with Crippen LogP contribution in [0.1, 0.15) is 37.0 Å². The number of rotatable bonds is 7. The van der Waals surface area contributed by atoms with Crippen molar-refractivity contribution in [2.24, 2.45) is 0 Å². The molecule has 28 nitrogen and oxygen atoms in total. The summed E-state index contributed by atoms with van der Waals surface area (Å²) in [6.07, 6.45) is 23.2. The number of H-pyrrole nitrogens is 1. The van der Waals surface area contributed by atoms with Gasteiger partial charge in [0.25, 0.3) is 0 Å². The summed E-state index contributed by atoms with van der Waals surface area (Å²) in [6.45, 7) is 10.1. The molecule has 14 rings (SSSR count). The summed E-state index contributed by atoms with van der Waals surface area (Å²) in [7, 11) is 0. The number of halogens is 2. The molecule has 0 saturated heterocycles. The Kier molecular flexibility index (Phi) is 35.2. The maximum absolute atomic E-state index is 12.1. The van der Waals surface area contributed by atoms with Crippen molar-refractivity contribution in [1.29, 1.82) is 0 Å². The van der Waals surface area contributed by atoms with E-state index in [1.54, 1.807) is 92.4 Å². The summed E-state index contributed by atoms with van der Waals surface area (Å²) >= 11 is 1.51. The number of hydrogen-bond donors (Lipinski definition) is 13. The predicted octanol–water partition coefficient (Wildman–Crippen LogP) is 12.8. The molecule has 102 heavy (non-hydrogen) atoms. The van der Waals surface area contributed by atoms with Gasteiger partial charge in [-0.15, -0.1) is 11.3 Å². The van der Waals surface area contributed by atoms with Crippen molar-refractivity contribution in [2.45, 2.75) is 40.0 Å². The second kappa shape index (κ2) is 43.8. The molecule has 11 aromatic heterocycles. The van der Waals surface area contributed by atoms with Gasteiger partial charge in [0.15, 0.2) is 22.6 Å². The van der Waals surface area contributed by atoms with Crippen molar-refractivity contribution in [1.82, 2.24) is 81.3 Å². The van der Waals surface area contributed by atoms with Gasteiger partial charge in [-0.2, -0.15) is 5.10 Å². The Balaban J connectivity index is 0.000000249. The molecule has 0 atom stereocenters. The third kappa shape index (κ3) is 31.4. The summed E-state index contributed by atoms with van der Waals surface area (Å²) in [5.74, 6) is 2.72. The second-order valence-electron chi connectivity index (χ2n) is 21.4. The first-order valence-electron chi connectivity index (χ1n) is 30.0. The SMILES string of the molecule is CC(C)(C)c1cc(N)no1.Cc1ccc(N)cc1Nc1nccc(-c2cccnc2)n1.Cc1cnc(N)s1.N.Nc1ccc(F)cn1.Nc1cccc(-c2cccnc2)c1.Nc1cccc(Nc2ncccn2)c1.Nc1ccn[nH]1.Nc1nccc(-c2cccnc2)n1.Nc1ncccc1F.[Ar]. The molecule has 0 saturated carbocycles. The number of nitrogens with zero attached hydrogens (tertiary/aromatic N) is 14. The number of pyridine rings is 5. The summed E-state index contributed by atoms with van der Waals surface area (Å²) in [4.78, 5) is 48.8. The Hall–Kier alpha value is -12.4. The van der Waals surface area contributed by atoms with E-state index >= 15 is 0 Å². The summed E-state index contributed by atoms with van der Waals surface area (Å²) < 4.78 is 29.1. The maximum Gasteiger partial charge on any atom is 0.227 e. The van der Waals surface area contributed by atoms with E-state index in [1.807, 2.05) is 150 Å². The van der Waals surface area contributed by atoms with Crippen LogP contribution in [0.4, 0.5) is 83.5 Å². The van der Waals surface area contributed by atoms with Crippen LogP contribution in [0.3, 0.4) is 0 Å². The normalized spacial score (nSPS) is 9.72. The van der Waals surface area contributed by atoms with Crippen LogP contribution < -0.4 is 68.4 Å². The number of nitrogens with one attached hydrogen (secondary N) is 3. The summed E-state index contributed by atoms with van der Waals surface area (Å²) in [6, 6.07) is 46.8. The van der Waals surface area contributed by atoms with E-state index in [0.717, 1.165) is 73.1 Å². The van der Waals surface area contributed by atoms with Gasteiger partial charge in [0, 0.05) is 174 Å². The number of aromatic nitrogens is 15. The van der Waals surface area contributed by atoms with E-state index in [0.29, 0.717) is 45.9 Å². The van der Waals surface area contributed by atoms with Crippen LogP contribution in [0.5, 0.6) is 0 Å². The topological polar surface area (TPSA) is 503 Å². The first-order valence-corrected chi connectivity index (χ1v) is 30.8. The molecule has 0 amide bonds. The molecule has 32 heteroatoms. The smallest absolute Gasteiger partial charge is 0.227 e. The standard InChI is InChI=1S/C16H15N5.C11H10N2.C10H10N4.C9H8N4.C7H12N2O.2C5H5FN2.C4H6N2S.C3H5N3.Ar.H3N/c1-11-4-5-13(17)9-15(11)21-16-19-8-6-14(20-16)12-3-2-7-18-10-12;12-11-5-1-3-9(7-11)10-4-2-6-13-8-10;11-8-3-1-4-9(7-8)14-10-12-5-2-6-13-10;10-9-12-5-3-8(13-9)7-2-1-4-11-6-7;1-7(2,3)5-4-6(8)9-10-5;6-4-1-2-5(7)8-3-4;6-4-2-1-3-8-5(4)7;1-3-2-6-4(5)7-3;4-3-1-2-5-6-3;;/h2-10H,17H2,1H3,(H,19,20,21);1-8H,12H2;1-7H,11H2,(H,12,13,14);1-6H,(H2,10,12,13);4H,1-3H3,(H2,8,9);2*1-3H,(H2,7,8);2H,1H3,(H2,5,6);1-2H,(H3,4,5,6);;1H3. The fourth-order valence-corrected chi connectivity index (χ4v) is 8.01. The zero-order valence-corrected chi connectivity index (χ0v) is 57.7. The number of nitrogens with two attached hydrogens (primary N) is 9. The number of benzene rings is 3. The maximum atomic E-state index is 12.1. The van der Waals surface area contributed by atoms with Crippen LogP contribution in [-0.4, -0.2) is 75.2 Å². The molecule has 0 aliphatic heterocycles. The number of nitrogen functional groups attached to an aromatic ring is 9. The van der Waals surface area contributed by atoms with Gasteiger partial charge in [-0.25, -0.2) is 53.6 Å². The first kappa shape index (κ1) is 82.0. The quantitative estimate of drug-likeness (QED) is 0.0659. The Labute approximate surface area is 622 Å². The van der Waals surface area contributed by atoms with Crippen LogP contribution in [0.25, 0.3) is 33.6 Å². The monoisotopic (exact) mass is 1420 g/mol. The molecule has 0 spiro atoms. The minimum Gasteiger partial charge on any atom is -0.399 e. The van der Waals surface area contributed by atoms with E-state index in [4.69, 9.17) is 56.1 Å². The molecule has 3 aromatic carbocycles. The number of hydrogen-bond acceptors (Lipinski definition) is 28. The van der Waals surface area contributed by atoms with Crippen LogP contribution in [0, 0.1) is 63.2 Å². The van der Waals surface area contributed by atoms with Crippen molar-refractivity contribution in [3.63, 3.8) is 0 Å². The van der Waals surface area contributed by atoms with Gasteiger partial charge < -0.3 is 72.9 Å². The van der Waals surface area contributed by atoms with Crippen molar-refractivity contribution in [2.75, 3.05) is 62.2 Å². The fraction of sp³-hybridized carbons (Fsp3) is 0.0857. The van der Waals surface area contributed by atoms with Crippen molar-refractivity contribution in [3.05, 3.63) is 272 Å². The minimum absolute atomic E-state index is 0. The Morgan fingerprint density at radius 1 is 0.471 bits per heavy atom. The van der Waals surface area contributed by atoms with Gasteiger partial charge in [-0.3, -0.25) is 20.1 Å². The van der Waals surface area contributed by atoms with Gasteiger partial charge in [0.2, 0.25) is 17.8 Å². The van der Waals surface area contributed by atoms with Crippen molar-refractivity contribution < 1.29 is 51.0 Å². The van der Waals surface area contributed by atoms with Gasteiger partial charge in [0.1, 0.15) is 23.2 Å². The Morgan fingerprint density at radius 2 is 1.06 bits per heavy atom. The zero-order valence-electron chi connectivity index (χ0n) is 56.2. The number of thiazole rings is 1. The van der Waals surface area contributed by atoms with Crippen LogP contribution in [0.2, 0.25) is 0 Å². The summed E-state index contributed by atoms with van der Waals surface area (Å²) in [5.41, 5.74) is 59.3. The average molecular weight is 1420 g/mol. The third-order valence-electron chi connectivity index (χ3n) is 12.3. The van der Waals surface area contributed by atoms with E-state index < -0.39 is 5.82 Å². The van der Waals surface area contributed by atoms with Crippen molar-refractivity contribution in [3.8, 4) is 33.6 Å². The molecule has 0 radical (unpaired) electrons. The molecule has 11 heterocycles. The van der Waals surface area contributed by atoms with Gasteiger partial charge in [-0.05, 0) is 146 Å². The van der Waals surface area contributed by atoms with Gasteiger partial charge in [0.05, 0.1) is 23.8 Å². The molecular weight excluding hydrogens is 1340 g/mol. The fourth-order valence-electron chi connectivity index (χ4n) is 7.46. The zero-order chi connectivity index (χ0) is 72.1. The number of aromatic amines is 1. The molecule has 0 unspecified atom stereocenters. The molecule has 0 aliphatic carbocycles.